The largest absolute Gasteiger partial charge is 0.494 e. The first-order chi connectivity index (χ1) is 23.3. The molecule has 3 atom stereocenters. The van der Waals surface area contributed by atoms with Gasteiger partial charge in [0.25, 0.3) is 0 Å². The monoisotopic (exact) mass is 676 g/mol. The zero-order valence-electron chi connectivity index (χ0n) is 27.4. The van der Waals surface area contributed by atoms with E-state index in [0.29, 0.717) is 59.9 Å². The van der Waals surface area contributed by atoms with Crippen LogP contribution in [0, 0.1) is 5.82 Å². The number of hydroxylamine groups is 1. The quantitative estimate of drug-likeness (QED) is 0.258. The van der Waals surface area contributed by atoms with E-state index in [-0.39, 0.29) is 17.0 Å². The molecule has 4 saturated heterocycles. The Labute approximate surface area is 285 Å². The molecule has 4 aliphatic rings. The molecule has 2 bridgehead atoms. The summed E-state index contributed by atoms with van der Waals surface area (Å²) in [6.07, 6.45) is 6.79. The number of likely N-dealkylation sites (tertiary alicyclic amines) is 2. The Hall–Kier alpha value is -3.97. The Kier molecular flexibility index (Phi) is 9.41. The van der Waals surface area contributed by atoms with Gasteiger partial charge in [-0.1, -0.05) is 31.2 Å². The van der Waals surface area contributed by atoms with Gasteiger partial charge in [-0.2, -0.15) is 0 Å². The van der Waals surface area contributed by atoms with Crippen molar-refractivity contribution < 1.29 is 18.8 Å². The van der Waals surface area contributed by atoms with Gasteiger partial charge in [-0.05, 0) is 55.6 Å². The molecule has 48 heavy (non-hydrogen) atoms. The summed E-state index contributed by atoms with van der Waals surface area (Å²) in [5.74, 6) is 0.833. The number of fused-ring (bicyclic) bond motifs is 2. The Morgan fingerprint density at radius 1 is 1.10 bits per heavy atom. The van der Waals surface area contributed by atoms with Crippen molar-refractivity contribution in [2.75, 3.05) is 67.0 Å². The predicted octanol–water partition coefficient (Wildman–Crippen LogP) is 5.78. The third-order valence-corrected chi connectivity index (χ3v) is 10.5. The fourth-order valence-electron chi connectivity index (χ4n) is 7.83. The highest BCUT2D eigenvalue weighted by molar-refractivity contribution is 6.30. The van der Waals surface area contributed by atoms with Gasteiger partial charge in [0.2, 0.25) is 5.91 Å². The number of ether oxygens (including phenoxy) is 1. The molecule has 2 N–H and O–H groups in total. The molecule has 0 radical (unpaired) electrons. The highest BCUT2D eigenvalue weighted by Crippen LogP contribution is 2.42. The van der Waals surface area contributed by atoms with Crippen molar-refractivity contribution >= 4 is 46.2 Å². The number of halogens is 2. The summed E-state index contributed by atoms with van der Waals surface area (Å²) in [5, 5.41) is 8.10. The molecule has 1 amide bonds. The molecule has 11 nitrogen and oxygen atoms in total. The van der Waals surface area contributed by atoms with Crippen molar-refractivity contribution in [2.45, 2.75) is 56.8 Å². The van der Waals surface area contributed by atoms with Crippen LogP contribution in [0.15, 0.2) is 55.4 Å². The number of aromatic nitrogens is 2. The molecule has 4 fully saturated rings. The summed E-state index contributed by atoms with van der Waals surface area (Å²) in [6, 6.07) is 12.1. The number of carbonyl (C=O) groups is 1. The maximum atomic E-state index is 14.3. The van der Waals surface area contributed by atoms with Gasteiger partial charge in [0.15, 0.2) is 5.82 Å². The summed E-state index contributed by atoms with van der Waals surface area (Å²) in [7, 11) is 1.62. The molecule has 13 heteroatoms. The summed E-state index contributed by atoms with van der Waals surface area (Å²) in [6.45, 7) is 11.6. The Balaban J connectivity index is 1.10. The van der Waals surface area contributed by atoms with Crippen molar-refractivity contribution in [3.05, 3.63) is 71.8 Å². The van der Waals surface area contributed by atoms with Crippen LogP contribution in [0.4, 0.5) is 33.1 Å². The minimum atomic E-state index is -0.479. The minimum absolute atomic E-state index is 0.0724. The van der Waals surface area contributed by atoms with Gasteiger partial charge in [-0.15, -0.1) is 0 Å². The molecule has 0 aliphatic carbocycles. The van der Waals surface area contributed by atoms with Crippen LogP contribution in [0.3, 0.4) is 0 Å². The average Bonchev–Trinajstić information content (AvgIpc) is 3.87. The van der Waals surface area contributed by atoms with Crippen LogP contribution >= 0.6 is 11.6 Å². The molecule has 5 heterocycles. The van der Waals surface area contributed by atoms with E-state index in [1.165, 1.54) is 38.0 Å². The number of piperazine rings is 1. The summed E-state index contributed by atoms with van der Waals surface area (Å²) < 4.78 is 20.1. The van der Waals surface area contributed by atoms with E-state index in [4.69, 9.17) is 21.2 Å². The summed E-state index contributed by atoms with van der Waals surface area (Å²) >= 11 is 5.92. The lowest BCUT2D eigenvalue weighted by molar-refractivity contribution is -0.111. The molecular formula is C35H42ClFN8O3. The predicted molar refractivity (Wildman–Crippen MR) is 186 cm³/mol. The average molecular weight is 677 g/mol. The lowest BCUT2D eigenvalue weighted by atomic mass is 10.0. The molecule has 3 aromatic rings. The van der Waals surface area contributed by atoms with Gasteiger partial charge in [0.05, 0.1) is 41.8 Å². The second-order valence-electron chi connectivity index (χ2n) is 12.8. The van der Waals surface area contributed by atoms with Crippen molar-refractivity contribution in [2.24, 2.45) is 0 Å². The van der Waals surface area contributed by atoms with Gasteiger partial charge in [-0.3, -0.25) is 19.4 Å². The summed E-state index contributed by atoms with van der Waals surface area (Å²) in [4.78, 5) is 35.1. The standard InChI is InChI=1S/C35H42ClFN8O3/c1-4-35(46)41-28-16-29(40-33-18-34(39-21-38-33)45-30(10-13-48-45)22-6-7-26(36)27(37)14-22)32(47-3)17-31(28)43-11-8-23(9-12-43)44-20-24-15-25(44)19-42(24)5-2/h4,6-7,14,16-18,21,23-25,30H,1,5,8-13,15,19-20H2,2-3H3,(H,41,46)(H,38,39,40)/t24-,25-,30-/m1/s1. The second-order valence-corrected chi connectivity index (χ2v) is 13.2. The van der Waals surface area contributed by atoms with Gasteiger partial charge in [0, 0.05) is 62.9 Å². The Morgan fingerprint density at radius 2 is 1.94 bits per heavy atom. The molecule has 0 spiro atoms. The fourth-order valence-corrected chi connectivity index (χ4v) is 7.94. The molecular weight excluding hydrogens is 635 g/mol. The van der Waals surface area contributed by atoms with E-state index in [1.54, 1.807) is 30.4 Å². The molecule has 4 aliphatic heterocycles. The SMILES string of the molecule is C=CC(=O)Nc1cc(Nc2cc(N3OCC[C@@H]3c3ccc(Cl)c(F)c3)ncn2)c(OC)cc1N1CCC(N2C[C@H]3C[C@@H]2CN3CC)CC1. The molecule has 0 saturated carbocycles. The highest BCUT2D eigenvalue weighted by atomic mass is 35.5. The number of hydrogen-bond donors (Lipinski definition) is 2. The number of hydrogen-bond acceptors (Lipinski definition) is 10. The van der Waals surface area contributed by atoms with Crippen LogP contribution in [-0.2, 0) is 9.63 Å². The zero-order chi connectivity index (χ0) is 33.4. The van der Waals surface area contributed by atoms with Crippen LogP contribution in [0.2, 0.25) is 5.02 Å². The molecule has 2 aromatic carbocycles. The van der Waals surface area contributed by atoms with E-state index in [2.05, 4.69) is 48.8 Å². The minimum Gasteiger partial charge on any atom is -0.494 e. The highest BCUT2D eigenvalue weighted by Gasteiger charge is 2.45. The van der Waals surface area contributed by atoms with Crippen LogP contribution in [-0.4, -0.2) is 90.2 Å². The van der Waals surface area contributed by atoms with Crippen molar-refractivity contribution in [3.8, 4) is 5.75 Å². The van der Waals surface area contributed by atoms with Crippen LogP contribution in [0.25, 0.3) is 0 Å². The van der Waals surface area contributed by atoms with Crippen LogP contribution in [0.5, 0.6) is 5.75 Å². The number of anilines is 5. The van der Waals surface area contributed by atoms with Crippen molar-refractivity contribution in [3.63, 3.8) is 0 Å². The first kappa shape index (κ1) is 32.6. The normalized spacial score (nSPS) is 23.1. The van der Waals surface area contributed by atoms with Crippen LogP contribution < -0.4 is 25.3 Å². The lowest BCUT2D eigenvalue weighted by Gasteiger charge is -2.43. The first-order valence-electron chi connectivity index (χ1n) is 16.7. The smallest absolute Gasteiger partial charge is 0.247 e. The van der Waals surface area contributed by atoms with Crippen LogP contribution in [0.1, 0.15) is 44.2 Å². The van der Waals surface area contributed by atoms with Crippen molar-refractivity contribution in [1.29, 1.82) is 0 Å². The van der Waals surface area contributed by atoms with E-state index < -0.39 is 5.82 Å². The molecule has 0 unspecified atom stereocenters. The maximum absolute atomic E-state index is 14.3. The lowest BCUT2D eigenvalue weighted by Crippen LogP contribution is -2.53. The topological polar surface area (TPSA) is 98.3 Å². The third kappa shape index (κ3) is 6.41. The molecule has 7 rings (SSSR count). The van der Waals surface area contributed by atoms with Gasteiger partial charge in [-0.25, -0.2) is 19.4 Å². The number of methoxy groups -OCH3 is 1. The number of nitrogens with one attached hydrogen (secondary N) is 2. The van der Waals surface area contributed by atoms with E-state index >= 15 is 0 Å². The number of nitrogens with zero attached hydrogens (tertiary/aromatic N) is 6. The summed E-state index contributed by atoms with van der Waals surface area (Å²) in [5.41, 5.74) is 2.91. The van der Waals surface area contributed by atoms with E-state index in [0.717, 1.165) is 43.7 Å². The number of amides is 1. The third-order valence-electron chi connectivity index (χ3n) is 10.2. The van der Waals surface area contributed by atoms with Gasteiger partial charge >= 0.3 is 0 Å². The number of rotatable bonds is 10. The van der Waals surface area contributed by atoms with E-state index in [1.807, 2.05) is 12.1 Å². The van der Waals surface area contributed by atoms with Gasteiger partial charge < -0.3 is 20.3 Å². The van der Waals surface area contributed by atoms with Gasteiger partial charge in [0.1, 0.15) is 23.7 Å². The van der Waals surface area contributed by atoms with Crippen molar-refractivity contribution in [1.82, 2.24) is 19.8 Å². The second kappa shape index (κ2) is 13.9. The Bertz CT molecular complexity index is 1670. The number of carbonyl (C=O) groups excluding carboxylic acids is 1. The number of benzene rings is 2. The zero-order valence-corrected chi connectivity index (χ0v) is 28.1. The van der Waals surface area contributed by atoms with E-state index in [9.17, 15) is 9.18 Å². The fraction of sp³-hybridized carbons (Fsp3) is 0.457. The molecule has 254 valence electrons. The Morgan fingerprint density at radius 3 is 2.65 bits per heavy atom. The molecule has 1 aromatic heterocycles. The number of piperidine rings is 1. The number of likely N-dealkylation sites (N-methyl/N-ethyl adjacent to an activating group) is 1. The maximum Gasteiger partial charge on any atom is 0.247 e. The first-order valence-corrected chi connectivity index (χ1v) is 17.1.